The number of nitrogens with one attached hydrogen (secondary N) is 1. The summed E-state index contributed by atoms with van der Waals surface area (Å²) in [5.74, 6) is 1.33. The van der Waals surface area contributed by atoms with Gasteiger partial charge in [-0.05, 0) is 43.7 Å². The molecule has 0 aromatic heterocycles. The first kappa shape index (κ1) is 19.7. The number of aliphatic imine (C=N–C) groups is 1. The lowest BCUT2D eigenvalue weighted by Gasteiger charge is -2.42. The third-order valence-electron chi connectivity index (χ3n) is 5.96. The first-order chi connectivity index (χ1) is 13.9. The quantitative estimate of drug-likeness (QED) is 0.784. The molecular formula is C22H24ClN3O3. The van der Waals surface area contributed by atoms with Crippen molar-refractivity contribution < 1.29 is 14.6 Å². The number of benzene rings is 2. The molecule has 0 aliphatic carbocycles. The molecule has 2 heterocycles. The zero-order valence-corrected chi connectivity index (χ0v) is 17.2. The van der Waals surface area contributed by atoms with Crippen LogP contribution in [0.1, 0.15) is 25.8 Å². The Morgan fingerprint density at radius 3 is 2.90 bits per heavy atom. The topological polar surface area (TPSA) is 74.2 Å². The highest BCUT2D eigenvalue weighted by Gasteiger charge is 2.42. The largest absolute Gasteiger partial charge is 0.481 e. The van der Waals surface area contributed by atoms with E-state index in [0.29, 0.717) is 42.6 Å². The van der Waals surface area contributed by atoms with Gasteiger partial charge >= 0.3 is 5.97 Å². The molecule has 0 bridgehead atoms. The molecule has 6 nitrogen and oxygen atoms in total. The van der Waals surface area contributed by atoms with Crippen LogP contribution >= 0.6 is 11.6 Å². The Morgan fingerprint density at radius 1 is 1.34 bits per heavy atom. The lowest BCUT2D eigenvalue weighted by molar-refractivity contribution is -0.150. The van der Waals surface area contributed by atoms with Crippen LogP contribution in [0.3, 0.4) is 0 Å². The summed E-state index contributed by atoms with van der Waals surface area (Å²) in [5, 5.41) is 13.8. The Balaban J connectivity index is 1.77. The van der Waals surface area contributed by atoms with Crippen molar-refractivity contribution in [2.24, 2.45) is 10.4 Å². The Hall–Kier alpha value is -2.57. The van der Waals surface area contributed by atoms with E-state index < -0.39 is 11.4 Å². The molecule has 2 N–H and O–H groups in total. The number of carboxylic acid groups (broad SMARTS) is 1. The van der Waals surface area contributed by atoms with Gasteiger partial charge in [0, 0.05) is 30.7 Å². The molecule has 0 spiro atoms. The molecule has 1 fully saturated rings. The lowest BCUT2D eigenvalue weighted by atomic mass is 9.78. The van der Waals surface area contributed by atoms with Crippen molar-refractivity contribution in [3.05, 3.63) is 53.1 Å². The molecule has 29 heavy (non-hydrogen) atoms. The minimum absolute atomic E-state index is 0.205. The number of fused-ring (bicyclic) bond motifs is 2. The molecule has 152 valence electrons. The molecule has 4 rings (SSSR count). The van der Waals surface area contributed by atoms with Crippen molar-refractivity contribution in [2.75, 3.05) is 19.6 Å². The number of rotatable bonds is 3. The summed E-state index contributed by atoms with van der Waals surface area (Å²) in [7, 11) is 0. The molecule has 2 aliphatic rings. The van der Waals surface area contributed by atoms with Gasteiger partial charge < -0.3 is 20.1 Å². The minimum atomic E-state index is -0.866. The minimum Gasteiger partial charge on any atom is -0.481 e. The van der Waals surface area contributed by atoms with Crippen LogP contribution in [0.4, 0.5) is 5.69 Å². The maximum absolute atomic E-state index is 12.0. The Kier molecular flexibility index (Phi) is 5.23. The molecule has 2 aromatic carbocycles. The van der Waals surface area contributed by atoms with Gasteiger partial charge in [0.05, 0.1) is 11.0 Å². The number of carbonyl (C=O) groups is 1. The second-order valence-corrected chi connectivity index (χ2v) is 8.11. The van der Waals surface area contributed by atoms with E-state index in [1.807, 2.05) is 43.3 Å². The zero-order valence-electron chi connectivity index (χ0n) is 16.5. The number of nitrogens with zero attached hydrogens (tertiary/aromatic N) is 2. The maximum atomic E-state index is 12.0. The van der Waals surface area contributed by atoms with E-state index in [9.17, 15) is 9.90 Å². The monoisotopic (exact) mass is 413 g/mol. The lowest BCUT2D eigenvalue weighted by Crippen LogP contribution is -2.60. The Morgan fingerprint density at radius 2 is 2.14 bits per heavy atom. The number of amidine groups is 1. The number of para-hydroxylation sites is 2. The van der Waals surface area contributed by atoms with E-state index in [1.54, 1.807) is 13.0 Å². The van der Waals surface area contributed by atoms with Crippen molar-refractivity contribution in [1.29, 1.82) is 0 Å². The number of carboxylic acids is 1. The van der Waals surface area contributed by atoms with Gasteiger partial charge in [-0.3, -0.25) is 4.79 Å². The zero-order chi connectivity index (χ0) is 20.6. The highest BCUT2D eigenvalue weighted by molar-refractivity contribution is 6.31. The molecule has 2 aliphatic heterocycles. The molecule has 1 unspecified atom stereocenters. The van der Waals surface area contributed by atoms with Crippen LogP contribution in [0.2, 0.25) is 5.02 Å². The van der Waals surface area contributed by atoms with E-state index in [1.165, 1.54) is 0 Å². The molecular weight excluding hydrogens is 390 g/mol. The standard InChI is InChI=1S/C22H24ClN3O3/c1-3-22(2,21(27)28)19-13-26(11-10-24-19)20-15-12-14(23)8-9-17(15)29-18-7-5-4-6-16(18)25-20/h4-9,12,19,24H,3,10-11,13H2,1-2H3,(H,27,28)/t19?,22-/m0/s1. The summed E-state index contributed by atoms with van der Waals surface area (Å²) >= 11 is 6.29. The molecule has 7 heteroatoms. The normalized spacial score (nSPS) is 20.4. The SMILES string of the molecule is CC[C@](C)(C(=O)O)C1CN(C2=Nc3ccccc3Oc3ccc(Cl)cc32)CCN1. The number of ether oxygens (including phenoxy) is 1. The predicted molar refractivity (Wildman–Crippen MR) is 114 cm³/mol. The van der Waals surface area contributed by atoms with Gasteiger partial charge in [-0.2, -0.15) is 0 Å². The molecule has 2 atom stereocenters. The number of hydrogen-bond acceptors (Lipinski definition) is 5. The van der Waals surface area contributed by atoms with Crippen molar-refractivity contribution in [3.63, 3.8) is 0 Å². The van der Waals surface area contributed by atoms with Gasteiger partial charge in [0.2, 0.25) is 0 Å². The van der Waals surface area contributed by atoms with Gasteiger partial charge in [-0.15, -0.1) is 0 Å². The average molecular weight is 414 g/mol. The Bertz CT molecular complexity index is 978. The van der Waals surface area contributed by atoms with E-state index in [0.717, 1.165) is 17.1 Å². The fraction of sp³-hybridized carbons (Fsp3) is 0.364. The van der Waals surface area contributed by atoms with E-state index in [4.69, 9.17) is 21.3 Å². The number of piperazine rings is 1. The first-order valence-corrected chi connectivity index (χ1v) is 10.2. The average Bonchev–Trinajstić information content (AvgIpc) is 2.89. The van der Waals surface area contributed by atoms with Crippen LogP contribution in [0.15, 0.2) is 47.5 Å². The third kappa shape index (κ3) is 3.58. The summed E-state index contributed by atoms with van der Waals surface area (Å²) in [6, 6.07) is 12.9. The fourth-order valence-corrected chi connectivity index (χ4v) is 4.02. The first-order valence-electron chi connectivity index (χ1n) is 9.79. The number of hydrogen-bond donors (Lipinski definition) is 2. The van der Waals surface area contributed by atoms with E-state index >= 15 is 0 Å². The molecule has 2 aromatic rings. The van der Waals surface area contributed by atoms with Crippen LogP contribution in [0, 0.1) is 5.41 Å². The second kappa shape index (κ2) is 7.69. The summed E-state index contributed by atoms with van der Waals surface area (Å²) in [4.78, 5) is 19.0. The summed E-state index contributed by atoms with van der Waals surface area (Å²) < 4.78 is 6.12. The van der Waals surface area contributed by atoms with Crippen LogP contribution in [0.25, 0.3) is 0 Å². The van der Waals surface area contributed by atoms with E-state index in [2.05, 4.69) is 10.2 Å². The molecule has 0 radical (unpaired) electrons. The fourth-order valence-electron chi connectivity index (χ4n) is 3.85. The van der Waals surface area contributed by atoms with Gasteiger partial charge in [-0.1, -0.05) is 30.7 Å². The number of aliphatic carboxylic acids is 1. The summed E-state index contributed by atoms with van der Waals surface area (Å²) in [5.41, 5.74) is 0.680. The van der Waals surface area contributed by atoms with Gasteiger partial charge in [0.25, 0.3) is 0 Å². The van der Waals surface area contributed by atoms with Gasteiger partial charge in [0.15, 0.2) is 5.75 Å². The van der Waals surface area contributed by atoms with Crippen molar-refractivity contribution >= 4 is 29.1 Å². The number of halogens is 1. The van der Waals surface area contributed by atoms with Crippen LogP contribution in [0.5, 0.6) is 11.5 Å². The maximum Gasteiger partial charge on any atom is 0.310 e. The van der Waals surface area contributed by atoms with Crippen molar-refractivity contribution in [1.82, 2.24) is 10.2 Å². The molecule has 0 saturated carbocycles. The van der Waals surface area contributed by atoms with E-state index in [-0.39, 0.29) is 6.04 Å². The predicted octanol–water partition coefficient (Wildman–Crippen LogP) is 4.30. The highest BCUT2D eigenvalue weighted by Crippen LogP contribution is 2.39. The Labute approximate surface area is 175 Å². The van der Waals surface area contributed by atoms with Gasteiger partial charge in [-0.25, -0.2) is 4.99 Å². The van der Waals surface area contributed by atoms with Crippen molar-refractivity contribution in [3.8, 4) is 11.5 Å². The third-order valence-corrected chi connectivity index (χ3v) is 6.20. The molecule has 0 amide bonds. The molecule has 1 saturated heterocycles. The summed E-state index contributed by atoms with van der Waals surface area (Å²) in [6.07, 6.45) is 0.536. The summed E-state index contributed by atoms with van der Waals surface area (Å²) in [6.45, 7) is 5.63. The smallest absolute Gasteiger partial charge is 0.310 e. The van der Waals surface area contributed by atoms with Crippen LogP contribution in [-0.2, 0) is 4.79 Å². The second-order valence-electron chi connectivity index (χ2n) is 7.67. The van der Waals surface area contributed by atoms with Crippen LogP contribution in [-0.4, -0.2) is 47.5 Å². The van der Waals surface area contributed by atoms with Gasteiger partial charge in [0.1, 0.15) is 17.3 Å². The van der Waals surface area contributed by atoms with Crippen molar-refractivity contribution in [2.45, 2.75) is 26.3 Å². The highest BCUT2D eigenvalue weighted by atomic mass is 35.5. The van der Waals surface area contributed by atoms with Crippen LogP contribution < -0.4 is 10.1 Å².